The number of H-pyrrole nitrogens is 1. The predicted molar refractivity (Wildman–Crippen MR) is 78.1 cm³/mol. The van der Waals surface area contributed by atoms with Crippen molar-refractivity contribution in [3.63, 3.8) is 0 Å². The lowest BCUT2D eigenvalue weighted by Gasteiger charge is -2.03. The zero-order chi connectivity index (χ0) is 14.7. The van der Waals surface area contributed by atoms with Gasteiger partial charge >= 0.3 is 0 Å². The number of hydrogen-bond donors (Lipinski definition) is 1. The fourth-order valence-corrected chi connectivity index (χ4v) is 2.21. The molecule has 1 N–H and O–H groups in total. The summed E-state index contributed by atoms with van der Waals surface area (Å²) < 4.78 is 4.55. The van der Waals surface area contributed by atoms with Gasteiger partial charge in [-0.2, -0.15) is 0 Å². The summed E-state index contributed by atoms with van der Waals surface area (Å²) in [4.78, 5) is 18.7. The first kappa shape index (κ1) is 13.5. The first-order chi connectivity index (χ1) is 10.3. The first-order valence-electron chi connectivity index (χ1n) is 7.05. The van der Waals surface area contributed by atoms with Crippen molar-refractivity contribution in [2.24, 2.45) is 0 Å². The number of hydrogen-bond acceptors (Lipinski definition) is 5. The summed E-state index contributed by atoms with van der Waals surface area (Å²) in [6, 6.07) is 8.29. The summed E-state index contributed by atoms with van der Waals surface area (Å²) in [5.74, 6) is 0. The van der Waals surface area contributed by atoms with Crippen LogP contribution in [0.4, 0.5) is 0 Å². The van der Waals surface area contributed by atoms with Crippen LogP contribution in [-0.4, -0.2) is 20.3 Å². The second-order valence-electron chi connectivity index (χ2n) is 5.05. The molecule has 0 radical (unpaired) electrons. The van der Waals surface area contributed by atoms with Crippen LogP contribution in [-0.2, 0) is 12.8 Å². The molecule has 0 saturated heterocycles. The maximum atomic E-state index is 11.9. The SMILES string of the molecule is CCCCc1ccc(Cc2nc3nonc3[nH]c2=O)cc1. The van der Waals surface area contributed by atoms with Gasteiger partial charge in [0.15, 0.2) is 0 Å². The molecular formula is C15H16N4O2. The molecule has 0 aliphatic carbocycles. The van der Waals surface area contributed by atoms with Gasteiger partial charge in [-0.05, 0) is 34.3 Å². The topological polar surface area (TPSA) is 84.7 Å². The van der Waals surface area contributed by atoms with Crippen molar-refractivity contribution in [2.45, 2.75) is 32.6 Å². The summed E-state index contributed by atoms with van der Waals surface area (Å²) in [7, 11) is 0. The minimum Gasteiger partial charge on any atom is -0.299 e. The van der Waals surface area contributed by atoms with Crippen LogP contribution in [0.1, 0.15) is 36.6 Å². The van der Waals surface area contributed by atoms with Crippen molar-refractivity contribution in [3.05, 3.63) is 51.4 Å². The lowest BCUT2D eigenvalue weighted by molar-refractivity contribution is 0.314. The molecule has 3 aromatic rings. The number of fused-ring (bicyclic) bond motifs is 1. The summed E-state index contributed by atoms with van der Waals surface area (Å²) in [6.45, 7) is 2.18. The van der Waals surface area contributed by atoms with E-state index in [-0.39, 0.29) is 11.2 Å². The van der Waals surface area contributed by atoms with E-state index in [4.69, 9.17) is 0 Å². The van der Waals surface area contributed by atoms with Crippen molar-refractivity contribution in [1.82, 2.24) is 20.3 Å². The van der Waals surface area contributed by atoms with Crippen LogP contribution in [0, 0.1) is 0 Å². The minimum atomic E-state index is -0.256. The largest absolute Gasteiger partial charge is 0.299 e. The highest BCUT2D eigenvalue weighted by atomic mass is 16.6. The normalized spacial score (nSPS) is 11.1. The lowest BCUT2D eigenvalue weighted by atomic mass is 10.0. The second kappa shape index (κ2) is 5.87. The molecule has 0 atom stereocenters. The molecule has 0 spiro atoms. The molecule has 0 aliphatic heterocycles. The Bertz CT molecular complexity index is 789. The van der Waals surface area contributed by atoms with Crippen LogP contribution >= 0.6 is 0 Å². The number of aryl methyl sites for hydroxylation is 1. The number of aromatic amines is 1. The third-order valence-corrected chi connectivity index (χ3v) is 3.42. The van der Waals surface area contributed by atoms with E-state index in [0.717, 1.165) is 12.0 Å². The Hall–Kier alpha value is -2.50. The Morgan fingerprint density at radius 3 is 2.67 bits per heavy atom. The Morgan fingerprint density at radius 1 is 1.14 bits per heavy atom. The van der Waals surface area contributed by atoms with Crippen molar-refractivity contribution in [1.29, 1.82) is 0 Å². The molecule has 0 bridgehead atoms. The highest BCUT2D eigenvalue weighted by molar-refractivity contribution is 5.62. The molecule has 0 amide bonds. The zero-order valence-electron chi connectivity index (χ0n) is 11.8. The molecule has 2 heterocycles. The van der Waals surface area contributed by atoms with E-state index in [9.17, 15) is 4.79 Å². The molecule has 21 heavy (non-hydrogen) atoms. The first-order valence-corrected chi connectivity index (χ1v) is 7.05. The van der Waals surface area contributed by atoms with Gasteiger partial charge < -0.3 is 0 Å². The van der Waals surface area contributed by atoms with Crippen LogP contribution in [0.5, 0.6) is 0 Å². The van der Waals surface area contributed by atoms with Gasteiger partial charge in [-0.25, -0.2) is 9.61 Å². The molecule has 2 aromatic heterocycles. The van der Waals surface area contributed by atoms with Crippen LogP contribution < -0.4 is 5.56 Å². The molecule has 3 rings (SSSR count). The third kappa shape index (κ3) is 2.99. The fourth-order valence-electron chi connectivity index (χ4n) is 2.21. The predicted octanol–water partition coefficient (Wildman–Crippen LogP) is 2.24. The summed E-state index contributed by atoms with van der Waals surface area (Å²) in [5, 5.41) is 7.21. The number of rotatable bonds is 5. The van der Waals surface area contributed by atoms with Crippen LogP contribution in [0.3, 0.4) is 0 Å². The van der Waals surface area contributed by atoms with E-state index in [2.05, 4.69) is 44.0 Å². The van der Waals surface area contributed by atoms with Gasteiger partial charge in [0.05, 0.1) is 0 Å². The maximum absolute atomic E-state index is 11.9. The number of aromatic nitrogens is 4. The highest BCUT2D eigenvalue weighted by Crippen LogP contribution is 2.10. The molecule has 0 saturated carbocycles. The van der Waals surface area contributed by atoms with Crippen molar-refractivity contribution < 1.29 is 4.63 Å². The van der Waals surface area contributed by atoms with Gasteiger partial charge in [0.1, 0.15) is 5.69 Å². The van der Waals surface area contributed by atoms with Gasteiger partial charge in [-0.1, -0.05) is 37.6 Å². The summed E-state index contributed by atoms with van der Waals surface area (Å²) >= 11 is 0. The van der Waals surface area contributed by atoms with Crippen molar-refractivity contribution in [2.75, 3.05) is 0 Å². The Kier molecular flexibility index (Phi) is 3.77. The molecule has 0 fully saturated rings. The monoisotopic (exact) mass is 284 g/mol. The number of nitrogens with zero attached hydrogens (tertiary/aromatic N) is 3. The maximum Gasteiger partial charge on any atom is 0.271 e. The van der Waals surface area contributed by atoms with Gasteiger partial charge in [-0.3, -0.25) is 9.78 Å². The quantitative estimate of drug-likeness (QED) is 0.776. The van der Waals surface area contributed by atoms with E-state index in [0.29, 0.717) is 17.8 Å². The molecule has 6 heteroatoms. The van der Waals surface area contributed by atoms with Crippen LogP contribution in [0.2, 0.25) is 0 Å². The minimum absolute atomic E-state index is 0.256. The smallest absolute Gasteiger partial charge is 0.271 e. The average molecular weight is 284 g/mol. The fraction of sp³-hybridized carbons (Fsp3) is 0.333. The summed E-state index contributed by atoms with van der Waals surface area (Å²) in [5.41, 5.74) is 3.12. The Labute approximate surface area is 121 Å². The van der Waals surface area contributed by atoms with E-state index < -0.39 is 0 Å². The molecule has 1 aromatic carbocycles. The number of benzene rings is 1. The van der Waals surface area contributed by atoms with Gasteiger partial charge in [-0.15, -0.1) is 0 Å². The molecule has 0 unspecified atom stereocenters. The van der Waals surface area contributed by atoms with E-state index >= 15 is 0 Å². The van der Waals surface area contributed by atoms with Gasteiger partial charge in [0.2, 0.25) is 11.3 Å². The number of unbranched alkanes of at least 4 members (excludes halogenated alkanes) is 1. The van der Waals surface area contributed by atoms with Crippen LogP contribution in [0.15, 0.2) is 33.7 Å². The standard InChI is InChI=1S/C15H16N4O2/c1-2-3-4-10-5-7-11(8-6-10)9-12-15(20)17-14-13(16-12)18-21-19-14/h5-8H,2-4,9H2,1H3,(H,17,19,20). The van der Waals surface area contributed by atoms with Crippen LogP contribution in [0.25, 0.3) is 11.3 Å². The molecular weight excluding hydrogens is 268 g/mol. The average Bonchev–Trinajstić information content (AvgIpc) is 2.94. The van der Waals surface area contributed by atoms with Gasteiger partial charge in [0, 0.05) is 6.42 Å². The second-order valence-corrected chi connectivity index (χ2v) is 5.05. The number of nitrogens with one attached hydrogen (secondary N) is 1. The lowest BCUT2D eigenvalue weighted by Crippen LogP contribution is -2.15. The van der Waals surface area contributed by atoms with Gasteiger partial charge in [0.25, 0.3) is 5.56 Å². The Balaban J connectivity index is 1.81. The third-order valence-electron chi connectivity index (χ3n) is 3.42. The molecule has 6 nitrogen and oxygen atoms in total. The van der Waals surface area contributed by atoms with E-state index in [1.54, 1.807) is 0 Å². The van der Waals surface area contributed by atoms with Crippen molar-refractivity contribution in [3.8, 4) is 0 Å². The zero-order valence-corrected chi connectivity index (χ0v) is 11.8. The molecule has 108 valence electrons. The highest BCUT2D eigenvalue weighted by Gasteiger charge is 2.09. The van der Waals surface area contributed by atoms with E-state index in [1.165, 1.54) is 18.4 Å². The van der Waals surface area contributed by atoms with E-state index in [1.807, 2.05) is 12.1 Å². The Morgan fingerprint density at radius 2 is 1.90 bits per heavy atom. The summed E-state index contributed by atoms with van der Waals surface area (Å²) in [6.07, 6.45) is 3.93. The van der Waals surface area contributed by atoms with Crippen molar-refractivity contribution >= 4 is 11.3 Å². The molecule has 0 aliphatic rings.